The number of aryl methyl sites for hydroxylation is 4. The summed E-state index contributed by atoms with van der Waals surface area (Å²) in [6, 6.07) is 0. The van der Waals surface area contributed by atoms with Gasteiger partial charge in [0.05, 0.1) is 12.2 Å². The monoisotopic (exact) mass is 486 g/mol. The summed E-state index contributed by atoms with van der Waals surface area (Å²) in [5, 5.41) is 14.1. The SMILES string of the molecule is CCCCn1c(=O)[nH]c(=O)c2c1nc(CSc1nc3nc(C)c(CC(=O)O)c(C)n3n1)n2CC. The van der Waals surface area contributed by atoms with E-state index in [4.69, 9.17) is 0 Å². The number of hydrogen-bond donors (Lipinski definition) is 2. The largest absolute Gasteiger partial charge is 0.481 e. The molecule has 0 aliphatic carbocycles. The van der Waals surface area contributed by atoms with Gasteiger partial charge in [-0.3, -0.25) is 19.1 Å². The Balaban J connectivity index is 1.70. The molecule has 4 aromatic heterocycles. The van der Waals surface area contributed by atoms with E-state index in [9.17, 15) is 19.5 Å². The first kappa shape index (κ1) is 23.7. The Kier molecular flexibility index (Phi) is 6.55. The molecule has 0 amide bonds. The van der Waals surface area contributed by atoms with Crippen LogP contribution in [0, 0.1) is 13.8 Å². The fourth-order valence-electron chi connectivity index (χ4n) is 3.98. The van der Waals surface area contributed by atoms with Gasteiger partial charge in [-0.05, 0) is 27.2 Å². The summed E-state index contributed by atoms with van der Waals surface area (Å²) in [6.07, 6.45) is 1.56. The van der Waals surface area contributed by atoms with Crippen LogP contribution in [0.3, 0.4) is 0 Å². The van der Waals surface area contributed by atoms with Crippen LogP contribution in [-0.4, -0.2) is 49.8 Å². The van der Waals surface area contributed by atoms with E-state index in [1.807, 2.05) is 13.8 Å². The zero-order valence-corrected chi connectivity index (χ0v) is 20.3. The van der Waals surface area contributed by atoms with Crippen molar-refractivity contribution in [2.75, 3.05) is 0 Å². The van der Waals surface area contributed by atoms with Crippen molar-refractivity contribution in [3.05, 3.63) is 43.6 Å². The number of carboxylic acids is 1. The van der Waals surface area contributed by atoms with Crippen LogP contribution in [0.25, 0.3) is 16.9 Å². The number of hydrogen-bond acceptors (Lipinski definition) is 8. The van der Waals surface area contributed by atoms with Crippen LogP contribution in [0.4, 0.5) is 0 Å². The summed E-state index contributed by atoms with van der Waals surface area (Å²) in [7, 11) is 0. The molecule has 180 valence electrons. The second-order valence-electron chi connectivity index (χ2n) is 7.94. The third-order valence-electron chi connectivity index (χ3n) is 5.70. The molecular weight excluding hydrogens is 460 g/mol. The van der Waals surface area contributed by atoms with Crippen LogP contribution in [0.5, 0.6) is 0 Å². The minimum Gasteiger partial charge on any atom is -0.481 e. The summed E-state index contributed by atoms with van der Waals surface area (Å²) in [5.41, 5.74) is 1.74. The first-order valence-corrected chi connectivity index (χ1v) is 12.0. The number of aromatic amines is 1. The lowest BCUT2D eigenvalue weighted by Crippen LogP contribution is -2.31. The number of aromatic nitrogens is 8. The normalized spacial score (nSPS) is 11.6. The number of carbonyl (C=O) groups is 1. The Morgan fingerprint density at radius 2 is 1.88 bits per heavy atom. The third kappa shape index (κ3) is 4.22. The minimum absolute atomic E-state index is 0.141. The highest BCUT2D eigenvalue weighted by molar-refractivity contribution is 7.98. The lowest BCUT2D eigenvalue weighted by molar-refractivity contribution is -0.136. The van der Waals surface area contributed by atoms with Gasteiger partial charge in [-0.15, -0.1) is 5.10 Å². The maximum Gasteiger partial charge on any atom is 0.330 e. The number of H-pyrrole nitrogens is 1. The van der Waals surface area contributed by atoms with E-state index in [0.29, 0.717) is 63.7 Å². The molecular formula is C21H26N8O4S. The van der Waals surface area contributed by atoms with Crippen LogP contribution in [-0.2, 0) is 30.1 Å². The first-order chi connectivity index (χ1) is 16.2. The zero-order valence-electron chi connectivity index (χ0n) is 19.5. The number of nitrogens with one attached hydrogen (secondary N) is 1. The van der Waals surface area contributed by atoms with Crippen molar-refractivity contribution in [3.8, 4) is 0 Å². The zero-order chi connectivity index (χ0) is 24.6. The number of rotatable bonds is 9. The van der Waals surface area contributed by atoms with Gasteiger partial charge in [0, 0.05) is 30.0 Å². The predicted octanol–water partition coefficient (Wildman–Crippen LogP) is 1.68. The number of carboxylic acid groups (broad SMARTS) is 1. The lowest BCUT2D eigenvalue weighted by Gasteiger charge is -2.07. The minimum atomic E-state index is -0.937. The van der Waals surface area contributed by atoms with Crippen molar-refractivity contribution in [1.29, 1.82) is 0 Å². The quantitative estimate of drug-likeness (QED) is 0.336. The standard InChI is InChI=1S/C21H26N8O4S/c1-5-7-8-28-17-16(18(32)24-21(28)33)27(6-2)14(23-17)10-34-20-25-19-22-11(3)13(9-15(30)31)12(4)29(19)26-20/h5-10H2,1-4H3,(H,30,31)(H,24,32,33). The van der Waals surface area contributed by atoms with Gasteiger partial charge < -0.3 is 9.67 Å². The Bertz CT molecular complexity index is 1510. The van der Waals surface area contributed by atoms with Gasteiger partial charge in [-0.1, -0.05) is 25.1 Å². The molecule has 12 nitrogen and oxygen atoms in total. The van der Waals surface area contributed by atoms with E-state index in [0.717, 1.165) is 12.8 Å². The van der Waals surface area contributed by atoms with E-state index in [2.05, 4.69) is 25.0 Å². The number of thioether (sulfide) groups is 1. The van der Waals surface area contributed by atoms with Gasteiger partial charge in [0.15, 0.2) is 11.2 Å². The van der Waals surface area contributed by atoms with Gasteiger partial charge >= 0.3 is 11.7 Å². The fraction of sp³-hybridized carbons (Fsp3) is 0.476. The number of unbranched alkanes of at least 4 members (excludes halogenated alkanes) is 1. The summed E-state index contributed by atoms with van der Waals surface area (Å²) >= 11 is 1.33. The van der Waals surface area contributed by atoms with Crippen LogP contribution >= 0.6 is 11.8 Å². The van der Waals surface area contributed by atoms with Gasteiger partial charge in [0.2, 0.25) is 5.16 Å². The van der Waals surface area contributed by atoms with Gasteiger partial charge in [-0.25, -0.2) is 19.3 Å². The molecule has 34 heavy (non-hydrogen) atoms. The predicted molar refractivity (Wildman–Crippen MR) is 126 cm³/mol. The Morgan fingerprint density at radius 1 is 1.12 bits per heavy atom. The lowest BCUT2D eigenvalue weighted by atomic mass is 10.1. The van der Waals surface area contributed by atoms with Crippen molar-refractivity contribution in [1.82, 2.24) is 38.7 Å². The van der Waals surface area contributed by atoms with Crippen molar-refractivity contribution in [2.24, 2.45) is 0 Å². The number of fused-ring (bicyclic) bond motifs is 2. The van der Waals surface area contributed by atoms with Gasteiger partial charge in [-0.2, -0.15) is 4.98 Å². The molecule has 0 aromatic carbocycles. The molecule has 13 heteroatoms. The van der Waals surface area contributed by atoms with Crippen LogP contribution in [0.1, 0.15) is 49.5 Å². The van der Waals surface area contributed by atoms with Crippen molar-refractivity contribution in [2.45, 2.75) is 71.0 Å². The average Bonchev–Trinajstić information content (AvgIpc) is 3.36. The van der Waals surface area contributed by atoms with Crippen molar-refractivity contribution in [3.63, 3.8) is 0 Å². The number of imidazole rings is 1. The molecule has 0 spiro atoms. The van der Waals surface area contributed by atoms with Crippen molar-refractivity contribution >= 4 is 34.7 Å². The highest BCUT2D eigenvalue weighted by Crippen LogP contribution is 2.23. The maximum atomic E-state index is 12.6. The molecule has 0 radical (unpaired) electrons. The molecule has 4 heterocycles. The summed E-state index contributed by atoms with van der Waals surface area (Å²) < 4.78 is 4.87. The Hall–Kier alpha value is -3.48. The van der Waals surface area contributed by atoms with Crippen LogP contribution in [0.15, 0.2) is 14.7 Å². The average molecular weight is 487 g/mol. The molecule has 0 unspecified atom stereocenters. The number of aliphatic carboxylic acids is 1. The maximum absolute atomic E-state index is 12.6. The molecule has 0 fully saturated rings. The van der Waals surface area contributed by atoms with Crippen molar-refractivity contribution < 1.29 is 9.90 Å². The Labute approximate surface area is 198 Å². The molecule has 0 saturated heterocycles. The molecule has 0 aliphatic rings. The van der Waals surface area contributed by atoms with E-state index in [1.165, 1.54) is 16.3 Å². The number of nitrogens with zero attached hydrogens (tertiary/aromatic N) is 7. The van der Waals surface area contributed by atoms with Gasteiger partial charge in [0.1, 0.15) is 5.82 Å². The summed E-state index contributed by atoms with van der Waals surface area (Å²) in [4.78, 5) is 52.1. The molecule has 0 saturated carbocycles. The van der Waals surface area contributed by atoms with E-state index < -0.39 is 17.2 Å². The van der Waals surface area contributed by atoms with Gasteiger partial charge in [0.25, 0.3) is 11.3 Å². The Morgan fingerprint density at radius 3 is 2.56 bits per heavy atom. The molecule has 0 atom stereocenters. The molecule has 4 aromatic rings. The molecule has 4 rings (SSSR count). The summed E-state index contributed by atoms with van der Waals surface area (Å²) in [6.45, 7) is 8.49. The second-order valence-corrected chi connectivity index (χ2v) is 8.88. The molecule has 0 aliphatic heterocycles. The molecule has 0 bridgehead atoms. The molecule has 2 N–H and O–H groups in total. The fourth-order valence-corrected chi connectivity index (χ4v) is 4.74. The van der Waals surface area contributed by atoms with Crippen LogP contribution in [0.2, 0.25) is 0 Å². The topological polar surface area (TPSA) is 153 Å². The van der Waals surface area contributed by atoms with E-state index in [-0.39, 0.29) is 6.42 Å². The van der Waals surface area contributed by atoms with E-state index in [1.54, 1.807) is 22.9 Å². The summed E-state index contributed by atoms with van der Waals surface area (Å²) in [5.74, 6) is 0.462. The highest BCUT2D eigenvalue weighted by atomic mass is 32.2. The first-order valence-electron chi connectivity index (χ1n) is 11.0. The smallest absolute Gasteiger partial charge is 0.330 e. The second kappa shape index (κ2) is 9.41. The highest BCUT2D eigenvalue weighted by Gasteiger charge is 2.20. The van der Waals surface area contributed by atoms with E-state index >= 15 is 0 Å². The van der Waals surface area contributed by atoms with Crippen LogP contribution < -0.4 is 11.2 Å². The third-order valence-corrected chi connectivity index (χ3v) is 6.54.